The smallest absolute Gasteiger partial charge is 0.219 e. The number of hydrogen-bond donors (Lipinski definition) is 0. The van der Waals surface area contributed by atoms with Gasteiger partial charge in [0.25, 0.3) is 0 Å². The lowest BCUT2D eigenvalue weighted by atomic mass is 9.91. The van der Waals surface area contributed by atoms with Crippen LogP contribution >= 0.6 is 0 Å². The van der Waals surface area contributed by atoms with E-state index < -0.39 is 0 Å². The van der Waals surface area contributed by atoms with Gasteiger partial charge in [-0.05, 0) is 12.8 Å². The van der Waals surface area contributed by atoms with Gasteiger partial charge in [0.05, 0.1) is 0 Å². The van der Waals surface area contributed by atoms with Crippen LogP contribution in [0.25, 0.3) is 0 Å². The Bertz CT molecular complexity index is 208. The topological polar surface area (TPSA) is 23.6 Å². The van der Waals surface area contributed by atoms with Crippen molar-refractivity contribution in [2.75, 3.05) is 13.1 Å². The predicted molar refractivity (Wildman–Crippen MR) is 52.5 cm³/mol. The minimum Gasteiger partial charge on any atom is -0.340 e. The lowest BCUT2D eigenvalue weighted by Gasteiger charge is -2.40. The molecule has 0 aromatic rings. The molecule has 2 aliphatic rings. The van der Waals surface area contributed by atoms with Crippen molar-refractivity contribution in [1.82, 2.24) is 9.71 Å². The summed E-state index contributed by atoms with van der Waals surface area (Å²) in [4.78, 5) is 15.6. The second-order valence-corrected chi connectivity index (χ2v) is 4.01. The largest absolute Gasteiger partial charge is 0.340 e. The highest BCUT2D eigenvalue weighted by atomic mass is 16.2. The molecule has 2 fully saturated rings. The van der Waals surface area contributed by atoms with Gasteiger partial charge in [0.1, 0.15) is 0 Å². The van der Waals surface area contributed by atoms with Gasteiger partial charge in [-0.1, -0.05) is 6.82 Å². The lowest BCUT2D eigenvalue weighted by molar-refractivity contribution is -0.131. The molecule has 0 spiro atoms. The first-order valence-corrected chi connectivity index (χ1v) is 5.05. The van der Waals surface area contributed by atoms with Gasteiger partial charge < -0.3 is 9.71 Å². The number of piperazine rings is 1. The van der Waals surface area contributed by atoms with Crippen molar-refractivity contribution in [2.45, 2.75) is 38.7 Å². The number of amides is 1. The van der Waals surface area contributed by atoms with Crippen molar-refractivity contribution in [3.05, 3.63) is 0 Å². The molecule has 2 unspecified atom stereocenters. The van der Waals surface area contributed by atoms with Crippen LogP contribution in [-0.4, -0.2) is 48.2 Å². The van der Waals surface area contributed by atoms with Crippen LogP contribution in [0.1, 0.15) is 19.8 Å². The number of nitrogens with zero attached hydrogens (tertiary/aromatic N) is 2. The third-order valence-electron chi connectivity index (χ3n) is 3.28. The average molecular weight is 179 g/mol. The Morgan fingerprint density at radius 1 is 1.31 bits per heavy atom. The van der Waals surface area contributed by atoms with E-state index in [4.69, 9.17) is 0 Å². The molecule has 2 rings (SSSR count). The Morgan fingerprint density at radius 3 is 2.23 bits per heavy atom. The van der Waals surface area contributed by atoms with Crippen molar-refractivity contribution in [1.29, 1.82) is 0 Å². The van der Waals surface area contributed by atoms with E-state index in [1.165, 1.54) is 12.8 Å². The molecule has 0 aromatic carbocycles. The fraction of sp³-hybridized carbons (Fsp3) is 0.889. The van der Waals surface area contributed by atoms with Gasteiger partial charge in [-0.25, -0.2) is 0 Å². The van der Waals surface area contributed by atoms with Gasteiger partial charge >= 0.3 is 0 Å². The quantitative estimate of drug-likeness (QED) is 0.542. The molecule has 3 nitrogen and oxygen atoms in total. The summed E-state index contributed by atoms with van der Waals surface area (Å²) in [5.74, 6) is 0.229. The van der Waals surface area contributed by atoms with Gasteiger partial charge in [0.15, 0.2) is 0 Å². The third-order valence-corrected chi connectivity index (χ3v) is 3.28. The fourth-order valence-corrected chi connectivity index (χ4v) is 2.61. The molecule has 13 heavy (non-hydrogen) atoms. The fourth-order valence-electron chi connectivity index (χ4n) is 2.61. The van der Waals surface area contributed by atoms with Crippen LogP contribution in [0.5, 0.6) is 0 Å². The lowest BCUT2D eigenvalue weighted by Crippen LogP contribution is -2.55. The minimum absolute atomic E-state index is 0.229. The maximum atomic E-state index is 11.2. The van der Waals surface area contributed by atoms with Crippen LogP contribution in [0.4, 0.5) is 0 Å². The number of carbonyl (C=O) groups excluding carboxylic acids is 1. The van der Waals surface area contributed by atoms with Crippen molar-refractivity contribution >= 4 is 13.3 Å². The summed E-state index contributed by atoms with van der Waals surface area (Å²) in [6, 6.07) is 1.18. The zero-order valence-electron chi connectivity index (χ0n) is 8.36. The molecule has 0 saturated carbocycles. The van der Waals surface area contributed by atoms with Crippen molar-refractivity contribution in [3.8, 4) is 0 Å². The van der Waals surface area contributed by atoms with Gasteiger partial charge in [-0.3, -0.25) is 4.79 Å². The Kier molecular flexibility index (Phi) is 2.32. The van der Waals surface area contributed by atoms with Gasteiger partial charge in [-0.2, -0.15) is 0 Å². The first-order chi connectivity index (χ1) is 6.22. The van der Waals surface area contributed by atoms with Crippen LogP contribution in [-0.2, 0) is 4.79 Å². The number of rotatable bonds is 1. The van der Waals surface area contributed by atoms with Crippen molar-refractivity contribution < 1.29 is 4.79 Å². The molecule has 1 amide bonds. The molecular formula is C9H16BN2O. The molecule has 2 atom stereocenters. The van der Waals surface area contributed by atoms with E-state index in [-0.39, 0.29) is 5.91 Å². The summed E-state index contributed by atoms with van der Waals surface area (Å²) in [5.41, 5.74) is 0. The van der Waals surface area contributed by atoms with Crippen LogP contribution in [0.3, 0.4) is 0 Å². The average Bonchev–Trinajstić information content (AvgIpc) is 2.34. The summed E-state index contributed by atoms with van der Waals surface area (Å²) in [6.07, 6.45) is 2.50. The SMILES string of the molecule is C[B]N1C2CCC1CN(C(C)=O)C2. The zero-order chi connectivity index (χ0) is 9.42. The molecular weight excluding hydrogens is 163 g/mol. The van der Waals surface area contributed by atoms with Crippen molar-refractivity contribution in [3.63, 3.8) is 0 Å². The van der Waals surface area contributed by atoms with E-state index in [9.17, 15) is 4.79 Å². The molecule has 71 valence electrons. The van der Waals surface area contributed by atoms with Gasteiger partial charge in [-0.15, -0.1) is 0 Å². The van der Waals surface area contributed by atoms with Gasteiger partial charge in [0.2, 0.25) is 13.3 Å². The van der Waals surface area contributed by atoms with Gasteiger partial charge in [0, 0.05) is 32.1 Å². The van der Waals surface area contributed by atoms with E-state index in [1.54, 1.807) is 6.92 Å². The highest BCUT2D eigenvalue weighted by Crippen LogP contribution is 2.28. The Balaban J connectivity index is 2.06. The molecule has 2 aliphatic heterocycles. The number of hydrogen-bond acceptors (Lipinski definition) is 2. The number of carbonyl (C=O) groups is 1. The monoisotopic (exact) mass is 179 g/mol. The molecule has 2 saturated heterocycles. The summed E-state index contributed by atoms with van der Waals surface area (Å²) in [5, 5.41) is 0. The van der Waals surface area contributed by atoms with Crippen LogP contribution in [0.15, 0.2) is 0 Å². The first-order valence-electron chi connectivity index (χ1n) is 5.05. The number of likely N-dealkylation sites (tertiary alicyclic amines) is 1. The van der Waals surface area contributed by atoms with E-state index in [1.807, 2.05) is 4.90 Å². The summed E-state index contributed by atoms with van der Waals surface area (Å²) >= 11 is 0. The van der Waals surface area contributed by atoms with Crippen LogP contribution in [0, 0.1) is 0 Å². The molecule has 4 heteroatoms. The zero-order valence-corrected chi connectivity index (χ0v) is 8.36. The Morgan fingerprint density at radius 2 is 1.85 bits per heavy atom. The van der Waals surface area contributed by atoms with Crippen molar-refractivity contribution in [2.24, 2.45) is 0 Å². The first kappa shape index (κ1) is 9.07. The van der Waals surface area contributed by atoms with E-state index in [0.29, 0.717) is 12.1 Å². The highest BCUT2D eigenvalue weighted by Gasteiger charge is 2.39. The normalized spacial score (nSPS) is 33.5. The van der Waals surface area contributed by atoms with E-state index in [2.05, 4.69) is 19.0 Å². The summed E-state index contributed by atoms with van der Waals surface area (Å²) < 4.78 is 0. The summed E-state index contributed by atoms with van der Waals surface area (Å²) in [6.45, 7) is 5.62. The highest BCUT2D eigenvalue weighted by molar-refractivity contribution is 6.30. The standard InChI is InChI=1S/C9H16BN2O/c1-7(13)11-5-8-3-4-9(6-11)12(8)10-2/h8-9H,3-6H2,1-2H3. The second-order valence-electron chi connectivity index (χ2n) is 4.01. The van der Waals surface area contributed by atoms with E-state index >= 15 is 0 Å². The maximum Gasteiger partial charge on any atom is 0.219 e. The number of fused-ring (bicyclic) bond motifs is 2. The molecule has 0 N–H and O–H groups in total. The molecule has 2 bridgehead atoms. The molecule has 0 aromatic heterocycles. The minimum atomic E-state index is 0.229. The third kappa shape index (κ3) is 1.48. The predicted octanol–water partition coefficient (Wildman–Crippen LogP) is 0.349. The Hall–Kier alpha value is -0.505. The molecule has 0 aliphatic carbocycles. The molecule has 1 radical (unpaired) electrons. The summed E-state index contributed by atoms with van der Waals surface area (Å²) in [7, 11) is 2.18. The van der Waals surface area contributed by atoms with E-state index in [0.717, 1.165) is 13.1 Å². The Labute approximate surface area is 80.3 Å². The molecule has 2 heterocycles. The van der Waals surface area contributed by atoms with Crippen LogP contribution < -0.4 is 0 Å². The second kappa shape index (κ2) is 3.33. The van der Waals surface area contributed by atoms with Crippen LogP contribution in [0.2, 0.25) is 6.82 Å². The maximum absolute atomic E-state index is 11.2.